The lowest BCUT2D eigenvalue weighted by molar-refractivity contribution is -0.114. The molecule has 0 unspecified atom stereocenters. The van der Waals surface area contributed by atoms with Crippen molar-refractivity contribution < 1.29 is 9.32 Å². The molecule has 0 atom stereocenters. The van der Waals surface area contributed by atoms with Crippen LogP contribution in [0.3, 0.4) is 0 Å². The lowest BCUT2D eigenvalue weighted by Crippen LogP contribution is -2.33. The fraction of sp³-hybridized carbons (Fsp3) is 0.308. The number of rotatable bonds is 7. The average Bonchev–Trinajstić information content (AvgIpc) is 3.51. The van der Waals surface area contributed by atoms with Gasteiger partial charge in [-0.05, 0) is 55.8 Å². The number of nitrogens with one attached hydrogen (secondary N) is 1. The molecule has 1 aliphatic rings. The molecular formula is C26H28N6O2. The standard InChI is InChI=1S/C26H28N6O2/c1-19(33)28-23-9-7-20(8-10-23)17-31-14-11-21(12-15-31)25-27-13-16-32(25)18-24-29-26(34-30-24)22-5-3-2-4-6-22/h2-10,13,16,21H,11-12,14-15,17-18H2,1H3,(H,28,33). The van der Waals surface area contributed by atoms with Crippen LogP contribution >= 0.6 is 0 Å². The summed E-state index contributed by atoms with van der Waals surface area (Å²) < 4.78 is 7.60. The Kier molecular flexibility index (Phi) is 6.49. The van der Waals surface area contributed by atoms with Gasteiger partial charge in [0, 0.05) is 43.0 Å². The fourth-order valence-electron chi connectivity index (χ4n) is 4.49. The van der Waals surface area contributed by atoms with Crippen LogP contribution in [0.5, 0.6) is 0 Å². The number of carbonyl (C=O) groups excluding carboxylic acids is 1. The SMILES string of the molecule is CC(=O)Nc1ccc(CN2CCC(c3nccn3Cc3noc(-c4ccccc4)n3)CC2)cc1. The number of amides is 1. The van der Waals surface area contributed by atoms with Gasteiger partial charge in [0.15, 0.2) is 5.82 Å². The Bertz CT molecular complexity index is 1220. The molecule has 8 heteroatoms. The van der Waals surface area contributed by atoms with Crippen molar-refractivity contribution in [2.24, 2.45) is 0 Å². The number of hydrogen-bond donors (Lipinski definition) is 1. The lowest BCUT2D eigenvalue weighted by Gasteiger charge is -2.31. The van der Waals surface area contributed by atoms with E-state index in [1.165, 1.54) is 12.5 Å². The van der Waals surface area contributed by atoms with Crippen molar-refractivity contribution in [1.29, 1.82) is 0 Å². The molecule has 0 aliphatic carbocycles. The first-order chi connectivity index (χ1) is 16.6. The normalized spacial score (nSPS) is 14.9. The molecule has 1 aliphatic heterocycles. The molecule has 34 heavy (non-hydrogen) atoms. The molecule has 8 nitrogen and oxygen atoms in total. The van der Waals surface area contributed by atoms with E-state index in [1.807, 2.05) is 54.9 Å². The van der Waals surface area contributed by atoms with Crippen LogP contribution in [0.1, 0.15) is 42.9 Å². The summed E-state index contributed by atoms with van der Waals surface area (Å²) in [5, 5.41) is 6.98. The summed E-state index contributed by atoms with van der Waals surface area (Å²) in [6.07, 6.45) is 5.97. The van der Waals surface area contributed by atoms with Crippen LogP contribution in [-0.4, -0.2) is 43.6 Å². The minimum Gasteiger partial charge on any atom is -0.334 e. The summed E-state index contributed by atoms with van der Waals surface area (Å²) in [4.78, 5) is 22.9. The largest absolute Gasteiger partial charge is 0.334 e. The van der Waals surface area contributed by atoms with Crippen molar-refractivity contribution >= 4 is 11.6 Å². The second-order valence-corrected chi connectivity index (χ2v) is 8.72. The number of hydrogen-bond acceptors (Lipinski definition) is 6. The Hall–Kier alpha value is -3.78. The number of nitrogens with zero attached hydrogens (tertiary/aromatic N) is 5. The second kappa shape index (κ2) is 10.0. The van der Waals surface area contributed by atoms with Gasteiger partial charge in [0.25, 0.3) is 5.89 Å². The summed E-state index contributed by atoms with van der Waals surface area (Å²) in [6.45, 7) is 5.02. The third kappa shape index (κ3) is 5.23. The predicted molar refractivity (Wildman–Crippen MR) is 129 cm³/mol. The molecule has 2 aromatic heterocycles. The lowest BCUT2D eigenvalue weighted by atomic mass is 9.95. The third-order valence-electron chi connectivity index (χ3n) is 6.18. The summed E-state index contributed by atoms with van der Waals surface area (Å²) in [5.41, 5.74) is 3.00. The predicted octanol–water partition coefficient (Wildman–Crippen LogP) is 4.32. The Morgan fingerprint density at radius 1 is 1.06 bits per heavy atom. The van der Waals surface area contributed by atoms with Crippen LogP contribution in [0, 0.1) is 0 Å². The molecule has 3 heterocycles. The second-order valence-electron chi connectivity index (χ2n) is 8.72. The molecule has 0 saturated carbocycles. The first kappa shape index (κ1) is 22.0. The van der Waals surface area contributed by atoms with Crippen molar-refractivity contribution in [2.75, 3.05) is 18.4 Å². The fourth-order valence-corrected chi connectivity index (χ4v) is 4.49. The summed E-state index contributed by atoms with van der Waals surface area (Å²) >= 11 is 0. The summed E-state index contributed by atoms with van der Waals surface area (Å²) in [6, 6.07) is 17.9. The van der Waals surface area contributed by atoms with E-state index in [0.717, 1.165) is 49.6 Å². The van der Waals surface area contributed by atoms with Gasteiger partial charge < -0.3 is 14.4 Å². The van der Waals surface area contributed by atoms with Gasteiger partial charge >= 0.3 is 0 Å². The molecule has 1 fully saturated rings. The van der Waals surface area contributed by atoms with Crippen LogP contribution in [0.2, 0.25) is 0 Å². The monoisotopic (exact) mass is 456 g/mol. The van der Waals surface area contributed by atoms with Gasteiger partial charge in [-0.1, -0.05) is 35.5 Å². The minimum atomic E-state index is -0.0517. The maximum atomic E-state index is 11.2. The number of anilines is 1. The van der Waals surface area contributed by atoms with E-state index < -0.39 is 0 Å². The molecular weight excluding hydrogens is 428 g/mol. The zero-order chi connectivity index (χ0) is 23.3. The highest BCUT2D eigenvalue weighted by atomic mass is 16.5. The molecule has 5 rings (SSSR count). The van der Waals surface area contributed by atoms with Crippen LogP contribution in [0.4, 0.5) is 5.69 Å². The van der Waals surface area contributed by atoms with Gasteiger partial charge in [0.1, 0.15) is 5.82 Å². The van der Waals surface area contributed by atoms with Crippen molar-refractivity contribution in [2.45, 2.75) is 38.8 Å². The number of imidazole rings is 1. The van der Waals surface area contributed by atoms with E-state index >= 15 is 0 Å². The van der Waals surface area contributed by atoms with Gasteiger partial charge in [0.2, 0.25) is 5.91 Å². The number of benzene rings is 2. The zero-order valence-corrected chi connectivity index (χ0v) is 19.2. The first-order valence-corrected chi connectivity index (χ1v) is 11.6. The van der Waals surface area contributed by atoms with Gasteiger partial charge in [-0.25, -0.2) is 4.98 Å². The molecule has 1 N–H and O–H groups in total. The maximum absolute atomic E-state index is 11.2. The van der Waals surface area contributed by atoms with E-state index in [2.05, 4.69) is 42.0 Å². The van der Waals surface area contributed by atoms with Crippen LogP contribution in [0.15, 0.2) is 71.5 Å². The molecule has 0 bridgehead atoms. The van der Waals surface area contributed by atoms with Crippen molar-refractivity contribution in [3.8, 4) is 11.5 Å². The molecule has 174 valence electrons. The Labute approximate surface area is 198 Å². The third-order valence-corrected chi connectivity index (χ3v) is 6.18. The average molecular weight is 457 g/mol. The van der Waals surface area contributed by atoms with Crippen molar-refractivity contribution in [1.82, 2.24) is 24.6 Å². The summed E-state index contributed by atoms with van der Waals surface area (Å²) in [7, 11) is 0. The molecule has 2 aromatic carbocycles. The first-order valence-electron chi connectivity index (χ1n) is 11.6. The molecule has 0 radical (unpaired) electrons. The van der Waals surface area contributed by atoms with E-state index in [4.69, 9.17) is 4.52 Å². The van der Waals surface area contributed by atoms with Gasteiger partial charge in [-0.3, -0.25) is 9.69 Å². The Balaban J connectivity index is 1.17. The number of carbonyl (C=O) groups is 1. The van der Waals surface area contributed by atoms with E-state index in [1.54, 1.807) is 0 Å². The topological polar surface area (TPSA) is 89.1 Å². The van der Waals surface area contributed by atoms with E-state index in [0.29, 0.717) is 24.2 Å². The highest BCUT2D eigenvalue weighted by Gasteiger charge is 2.24. The van der Waals surface area contributed by atoms with E-state index in [-0.39, 0.29) is 5.91 Å². The van der Waals surface area contributed by atoms with Crippen LogP contribution in [-0.2, 0) is 17.9 Å². The highest BCUT2D eigenvalue weighted by molar-refractivity contribution is 5.88. The number of likely N-dealkylation sites (tertiary alicyclic amines) is 1. The smallest absolute Gasteiger partial charge is 0.257 e. The van der Waals surface area contributed by atoms with Gasteiger partial charge in [0.05, 0.1) is 6.54 Å². The van der Waals surface area contributed by atoms with Crippen molar-refractivity contribution in [3.63, 3.8) is 0 Å². The molecule has 1 saturated heterocycles. The minimum absolute atomic E-state index is 0.0517. The van der Waals surface area contributed by atoms with Crippen LogP contribution in [0.25, 0.3) is 11.5 Å². The van der Waals surface area contributed by atoms with Crippen LogP contribution < -0.4 is 5.32 Å². The zero-order valence-electron chi connectivity index (χ0n) is 19.2. The Morgan fingerprint density at radius 3 is 2.56 bits per heavy atom. The molecule has 0 spiro atoms. The maximum Gasteiger partial charge on any atom is 0.257 e. The molecule has 1 amide bonds. The molecule has 4 aromatic rings. The Morgan fingerprint density at radius 2 is 1.82 bits per heavy atom. The highest BCUT2D eigenvalue weighted by Crippen LogP contribution is 2.28. The van der Waals surface area contributed by atoms with Crippen molar-refractivity contribution in [3.05, 3.63) is 84.2 Å². The summed E-state index contributed by atoms with van der Waals surface area (Å²) in [5.74, 6) is 2.64. The van der Waals surface area contributed by atoms with Gasteiger partial charge in [-0.15, -0.1) is 0 Å². The quantitative estimate of drug-likeness (QED) is 0.446. The number of aromatic nitrogens is 4. The van der Waals surface area contributed by atoms with E-state index in [9.17, 15) is 4.79 Å². The van der Waals surface area contributed by atoms with Gasteiger partial charge in [-0.2, -0.15) is 4.98 Å². The number of piperidine rings is 1.